The summed E-state index contributed by atoms with van der Waals surface area (Å²) in [5, 5.41) is 9.17. The minimum absolute atomic E-state index is 0.0954. The van der Waals surface area contributed by atoms with Crippen molar-refractivity contribution in [2.24, 2.45) is 0 Å². The molecule has 26 heavy (non-hydrogen) atoms. The van der Waals surface area contributed by atoms with Crippen molar-refractivity contribution in [1.29, 1.82) is 0 Å². The van der Waals surface area contributed by atoms with Crippen LogP contribution in [0.2, 0.25) is 0 Å². The van der Waals surface area contributed by atoms with Crippen molar-refractivity contribution >= 4 is 22.7 Å². The Morgan fingerprint density at radius 1 is 1.08 bits per heavy atom. The summed E-state index contributed by atoms with van der Waals surface area (Å²) in [5.74, 6) is 0.290. The van der Waals surface area contributed by atoms with E-state index in [1.54, 1.807) is 12.1 Å². The minimum Gasteiger partial charge on any atom is -0.467 e. The van der Waals surface area contributed by atoms with Crippen LogP contribution in [-0.2, 0) is 11.3 Å². The molecular formula is C20H22N3O3+. The van der Waals surface area contributed by atoms with Crippen molar-refractivity contribution < 1.29 is 19.3 Å². The van der Waals surface area contributed by atoms with Crippen molar-refractivity contribution in [3.63, 3.8) is 0 Å². The van der Waals surface area contributed by atoms with Crippen LogP contribution in [0.5, 0.6) is 0 Å². The largest absolute Gasteiger partial charge is 0.467 e. The maximum atomic E-state index is 12.0. The zero-order chi connectivity index (χ0) is 18.4. The number of benzene rings is 2. The number of hydrogen-bond donors (Lipinski definition) is 3. The maximum Gasteiger partial charge on any atom is 0.321 e. The van der Waals surface area contributed by atoms with Crippen LogP contribution in [0.3, 0.4) is 0 Å². The zero-order valence-electron chi connectivity index (χ0n) is 14.6. The second kappa shape index (κ2) is 8.31. The van der Waals surface area contributed by atoms with Gasteiger partial charge in [-0.05, 0) is 29.8 Å². The van der Waals surface area contributed by atoms with Crippen molar-refractivity contribution in [2.75, 3.05) is 6.54 Å². The van der Waals surface area contributed by atoms with E-state index in [9.17, 15) is 9.59 Å². The molecule has 3 rings (SSSR count). The van der Waals surface area contributed by atoms with Gasteiger partial charge in [-0.15, -0.1) is 0 Å². The van der Waals surface area contributed by atoms with Crippen LogP contribution >= 0.6 is 0 Å². The average molecular weight is 352 g/mol. The van der Waals surface area contributed by atoms with E-state index in [0.717, 1.165) is 5.56 Å². The Bertz CT molecular complexity index is 885. The third-order valence-corrected chi connectivity index (χ3v) is 4.23. The summed E-state index contributed by atoms with van der Waals surface area (Å²) >= 11 is 0. The molecule has 3 aromatic rings. The SMILES string of the molecule is C[C@@H]([NH2+]CC(=O)NC(=O)NCc1ccco1)c1cccc2ccccc12. The van der Waals surface area contributed by atoms with Crippen molar-refractivity contribution in [3.8, 4) is 0 Å². The molecule has 0 fully saturated rings. The van der Waals surface area contributed by atoms with Gasteiger partial charge in [-0.1, -0.05) is 42.5 Å². The van der Waals surface area contributed by atoms with Crippen molar-refractivity contribution in [2.45, 2.75) is 19.5 Å². The lowest BCUT2D eigenvalue weighted by atomic mass is 10.00. The van der Waals surface area contributed by atoms with Gasteiger partial charge in [0.1, 0.15) is 11.8 Å². The number of carbonyl (C=O) groups excluding carboxylic acids is 2. The van der Waals surface area contributed by atoms with Crippen LogP contribution in [0.15, 0.2) is 65.3 Å². The minimum atomic E-state index is -0.530. The van der Waals surface area contributed by atoms with Gasteiger partial charge in [-0.3, -0.25) is 10.1 Å². The molecule has 0 spiro atoms. The molecule has 0 aliphatic carbocycles. The number of nitrogens with two attached hydrogens (primary N) is 1. The molecule has 0 bridgehead atoms. The Kier molecular flexibility index (Phi) is 5.66. The number of fused-ring (bicyclic) bond motifs is 1. The molecule has 1 atom stereocenters. The number of imide groups is 1. The van der Waals surface area contributed by atoms with E-state index in [1.165, 1.54) is 17.0 Å². The summed E-state index contributed by atoms with van der Waals surface area (Å²) in [6.07, 6.45) is 1.53. The number of nitrogens with one attached hydrogen (secondary N) is 2. The highest BCUT2D eigenvalue weighted by Gasteiger charge is 2.15. The molecule has 0 saturated carbocycles. The van der Waals surface area contributed by atoms with E-state index in [-0.39, 0.29) is 25.0 Å². The Labute approximate surface area is 151 Å². The smallest absolute Gasteiger partial charge is 0.321 e. The highest BCUT2D eigenvalue weighted by atomic mass is 16.3. The highest BCUT2D eigenvalue weighted by Crippen LogP contribution is 2.21. The molecule has 1 aromatic heterocycles. The molecule has 0 saturated heterocycles. The van der Waals surface area contributed by atoms with Crippen LogP contribution in [0.25, 0.3) is 10.8 Å². The van der Waals surface area contributed by atoms with E-state index in [1.807, 2.05) is 30.4 Å². The Balaban J connectivity index is 1.49. The predicted molar refractivity (Wildman–Crippen MR) is 98.2 cm³/mol. The number of hydrogen-bond acceptors (Lipinski definition) is 3. The van der Waals surface area contributed by atoms with Crippen molar-refractivity contribution in [1.82, 2.24) is 10.6 Å². The quantitative estimate of drug-likeness (QED) is 0.635. The van der Waals surface area contributed by atoms with Crippen LogP contribution in [-0.4, -0.2) is 18.5 Å². The maximum absolute atomic E-state index is 12.0. The first-order valence-corrected chi connectivity index (χ1v) is 8.54. The van der Waals surface area contributed by atoms with Gasteiger partial charge in [-0.2, -0.15) is 0 Å². The first kappa shape index (κ1) is 17.7. The summed E-state index contributed by atoms with van der Waals surface area (Å²) in [6.45, 7) is 2.45. The fourth-order valence-electron chi connectivity index (χ4n) is 2.86. The van der Waals surface area contributed by atoms with Gasteiger partial charge >= 0.3 is 6.03 Å². The lowest BCUT2D eigenvalue weighted by Gasteiger charge is -2.13. The van der Waals surface area contributed by atoms with Crippen molar-refractivity contribution in [3.05, 3.63) is 72.2 Å². The molecule has 2 aromatic carbocycles. The summed E-state index contributed by atoms with van der Waals surface area (Å²) in [6, 6.07) is 17.4. The number of urea groups is 1. The third-order valence-electron chi connectivity index (χ3n) is 4.23. The molecule has 3 amide bonds. The Morgan fingerprint density at radius 2 is 1.88 bits per heavy atom. The van der Waals surface area contributed by atoms with Gasteiger partial charge in [-0.25, -0.2) is 4.79 Å². The number of rotatable bonds is 6. The molecule has 6 heteroatoms. The van der Waals surface area contributed by atoms with E-state index in [4.69, 9.17) is 4.42 Å². The monoisotopic (exact) mass is 352 g/mol. The summed E-state index contributed by atoms with van der Waals surface area (Å²) in [7, 11) is 0. The highest BCUT2D eigenvalue weighted by molar-refractivity contribution is 5.94. The Morgan fingerprint density at radius 3 is 2.69 bits per heavy atom. The van der Waals surface area contributed by atoms with E-state index < -0.39 is 6.03 Å². The molecule has 0 aliphatic heterocycles. The number of carbonyl (C=O) groups is 2. The molecule has 0 radical (unpaired) electrons. The zero-order valence-corrected chi connectivity index (χ0v) is 14.6. The second-order valence-electron chi connectivity index (χ2n) is 6.11. The molecule has 134 valence electrons. The normalized spacial score (nSPS) is 11.9. The standard InChI is InChI=1S/C20H21N3O3/c1-14(17-10-4-7-15-6-2-3-9-18(15)17)21-13-19(24)23-20(25)22-12-16-8-5-11-26-16/h2-11,14,21H,12-13H2,1H3,(H2,22,23,24,25)/p+1/t14-/m1/s1. The lowest BCUT2D eigenvalue weighted by molar-refractivity contribution is -0.682. The van der Waals surface area contributed by atoms with Gasteiger partial charge in [0, 0.05) is 5.56 Å². The summed E-state index contributed by atoms with van der Waals surface area (Å²) in [5.41, 5.74) is 1.16. The fraction of sp³-hybridized carbons (Fsp3) is 0.200. The first-order valence-electron chi connectivity index (χ1n) is 8.54. The van der Waals surface area contributed by atoms with E-state index in [0.29, 0.717) is 5.76 Å². The van der Waals surface area contributed by atoms with Gasteiger partial charge in [0.2, 0.25) is 0 Å². The molecular weight excluding hydrogens is 330 g/mol. The average Bonchev–Trinajstić information content (AvgIpc) is 3.17. The molecule has 0 aliphatic rings. The molecule has 0 unspecified atom stereocenters. The lowest BCUT2D eigenvalue weighted by Crippen LogP contribution is -2.87. The number of furan rings is 1. The number of quaternary nitrogens is 1. The van der Waals surface area contributed by atoms with Gasteiger partial charge in [0.25, 0.3) is 5.91 Å². The summed E-state index contributed by atoms with van der Waals surface area (Å²) < 4.78 is 5.12. The van der Waals surface area contributed by atoms with E-state index >= 15 is 0 Å². The van der Waals surface area contributed by atoms with Crippen LogP contribution in [0, 0.1) is 0 Å². The molecule has 1 heterocycles. The second-order valence-corrected chi connectivity index (χ2v) is 6.11. The first-order chi connectivity index (χ1) is 12.6. The fourth-order valence-corrected chi connectivity index (χ4v) is 2.86. The van der Waals surface area contributed by atoms with Crippen LogP contribution in [0.1, 0.15) is 24.3 Å². The van der Waals surface area contributed by atoms with Gasteiger partial charge < -0.3 is 15.1 Å². The predicted octanol–water partition coefficient (Wildman–Crippen LogP) is 2.08. The van der Waals surface area contributed by atoms with Crippen LogP contribution < -0.4 is 16.0 Å². The third kappa shape index (κ3) is 4.49. The topological polar surface area (TPSA) is 88.0 Å². The van der Waals surface area contributed by atoms with Crippen LogP contribution in [0.4, 0.5) is 4.79 Å². The Hall–Kier alpha value is -3.12. The van der Waals surface area contributed by atoms with E-state index in [2.05, 4.69) is 34.9 Å². The van der Waals surface area contributed by atoms with Gasteiger partial charge in [0.05, 0.1) is 12.8 Å². The number of amides is 3. The molecule has 6 nitrogen and oxygen atoms in total. The molecule has 4 N–H and O–H groups in total. The van der Waals surface area contributed by atoms with Gasteiger partial charge in [0.15, 0.2) is 6.54 Å². The summed E-state index contributed by atoms with van der Waals surface area (Å²) in [4.78, 5) is 23.7.